The van der Waals surface area contributed by atoms with Crippen molar-refractivity contribution in [3.8, 4) is 6.01 Å². The monoisotopic (exact) mass is 296 g/mol. The van der Waals surface area contributed by atoms with Gasteiger partial charge in [0.2, 0.25) is 17.8 Å². The number of likely N-dealkylation sites (N-methyl/N-ethyl adjacent to an activating group) is 1. The van der Waals surface area contributed by atoms with Gasteiger partial charge in [-0.05, 0) is 27.2 Å². The first-order chi connectivity index (χ1) is 10.1. The Labute approximate surface area is 125 Å². The fourth-order valence-corrected chi connectivity index (χ4v) is 1.52. The van der Waals surface area contributed by atoms with Crippen molar-refractivity contribution >= 4 is 17.8 Å². The minimum atomic E-state index is -0.444. The molecule has 8 nitrogen and oxygen atoms in total. The van der Waals surface area contributed by atoms with Crippen molar-refractivity contribution in [2.75, 3.05) is 30.3 Å². The Morgan fingerprint density at radius 2 is 1.90 bits per heavy atom. The standard InChI is InChI=1S/C13H24N6O2/c1-5-8-15-11-17-12(19-13(18-11)21-7-3)16-9(4)10(20)14-6-2/h9H,5-8H2,1-4H3,(H,14,20)(H2,15,16,17,18,19). The Kier molecular flexibility index (Phi) is 7.20. The van der Waals surface area contributed by atoms with Gasteiger partial charge in [-0.1, -0.05) is 6.92 Å². The van der Waals surface area contributed by atoms with Gasteiger partial charge in [0.05, 0.1) is 6.61 Å². The van der Waals surface area contributed by atoms with Crippen LogP contribution in [-0.2, 0) is 4.79 Å². The van der Waals surface area contributed by atoms with Crippen LogP contribution in [0.25, 0.3) is 0 Å². The highest BCUT2D eigenvalue weighted by Crippen LogP contribution is 2.12. The van der Waals surface area contributed by atoms with Gasteiger partial charge < -0.3 is 20.7 Å². The Bertz CT molecular complexity index is 454. The fourth-order valence-electron chi connectivity index (χ4n) is 1.52. The van der Waals surface area contributed by atoms with E-state index in [0.29, 0.717) is 25.0 Å². The molecule has 0 saturated heterocycles. The third-order valence-corrected chi connectivity index (χ3v) is 2.51. The molecular formula is C13H24N6O2. The summed E-state index contributed by atoms with van der Waals surface area (Å²) in [5, 5.41) is 8.76. The lowest BCUT2D eigenvalue weighted by Crippen LogP contribution is -2.37. The van der Waals surface area contributed by atoms with Crippen LogP contribution >= 0.6 is 0 Å². The molecule has 8 heteroatoms. The van der Waals surface area contributed by atoms with Crippen molar-refractivity contribution in [2.24, 2.45) is 0 Å². The first-order valence-corrected chi connectivity index (χ1v) is 7.27. The van der Waals surface area contributed by atoms with Crippen molar-refractivity contribution in [1.82, 2.24) is 20.3 Å². The molecule has 1 atom stereocenters. The van der Waals surface area contributed by atoms with Gasteiger partial charge >= 0.3 is 6.01 Å². The number of hydrogen-bond acceptors (Lipinski definition) is 7. The Morgan fingerprint density at radius 1 is 1.19 bits per heavy atom. The third-order valence-electron chi connectivity index (χ3n) is 2.51. The summed E-state index contributed by atoms with van der Waals surface area (Å²) in [5.41, 5.74) is 0. The second kappa shape index (κ2) is 8.93. The van der Waals surface area contributed by atoms with E-state index in [-0.39, 0.29) is 11.9 Å². The highest BCUT2D eigenvalue weighted by atomic mass is 16.5. The average molecular weight is 296 g/mol. The Hall–Kier alpha value is -2.12. The zero-order chi connectivity index (χ0) is 15.7. The van der Waals surface area contributed by atoms with Gasteiger partial charge in [0.1, 0.15) is 6.04 Å². The number of anilines is 2. The van der Waals surface area contributed by atoms with Crippen LogP contribution in [0.1, 0.15) is 34.1 Å². The van der Waals surface area contributed by atoms with Crippen LogP contribution in [0.5, 0.6) is 6.01 Å². The maximum absolute atomic E-state index is 11.7. The summed E-state index contributed by atoms with van der Waals surface area (Å²) in [7, 11) is 0. The summed E-state index contributed by atoms with van der Waals surface area (Å²) in [6.07, 6.45) is 0.952. The van der Waals surface area contributed by atoms with Gasteiger partial charge in [-0.3, -0.25) is 4.79 Å². The number of amides is 1. The molecule has 21 heavy (non-hydrogen) atoms. The molecular weight excluding hydrogens is 272 g/mol. The molecule has 0 aliphatic carbocycles. The molecule has 0 radical (unpaired) electrons. The fraction of sp³-hybridized carbons (Fsp3) is 0.692. The zero-order valence-corrected chi connectivity index (χ0v) is 13.1. The van der Waals surface area contributed by atoms with Gasteiger partial charge in [-0.2, -0.15) is 15.0 Å². The molecule has 1 unspecified atom stereocenters. The van der Waals surface area contributed by atoms with E-state index >= 15 is 0 Å². The maximum atomic E-state index is 11.7. The van der Waals surface area contributed by atoms with Crippen molar-refractivity contribution in [2.45, 2.75) is 40.2 Å². The molecule has 0 aliphatic rings. The van der Waals surface area contributed by atoms with Crippen LogP contribution < -0.4 is 20.7 Å². The van der Waals surface area contributed by atoms with Crippen molar-refractivity contribution < 1.29 is 9.53 Å². The molecule has 0 spiro atoms. The zero-order valence-electron chi connectivity index (χ0n) is 13.1. The van der Waals surface area contributed by atoms with Crippen LogP contribution in [0.3, 0.4) is 0 Å². The number of aromatic nitrogens is 3. The topological polar surface area (TPSA) is 101 Å². The van der Waals surface area contributed by atoms with Crippen molar-refractivity contribution in [3.05, 3.63) is 0 Å². The number of rotatable bonds is 9. The molecule has 0 saturated carbocycles. The molecule has 0 aliphatic heterocycles. The molecule has 1 rings (SSSR count). The quantitative estimate of drug-likeness (QED) is 0.625. The molecule has 1 amide bonds. The second-order valence-electron chi connectivity index (χ2n) is 4.39. The van der Waals surface area contributed by atoms with Crippen LogP contribution in [0, 0.1) is 0 Å². The van der Waals surface area contributed by atoms with E-state index in [0.717, 1.165) is 13.0 Å². The van der Waals surface area contributed by atoms with Crippen LogP contribution in [-0.4, -0.2) is 46.6 Å². The maximum Gasteiger partial charge on any atom is 0.323 e. The molecule has 0 fully saturated rings. The summed E-state index contributed by atoms with van der Waals surface area (Å²) in [6, 6.07) is -0.211. The summed E-state index contributed by atoms with van der Waals surface area (Å²) >= 11 is 0. The van der Waals surface area contributed by atoms with Crippen molar-refractivity contribution in [3.63, 3.8) is 0 Å². The molecule has 1 aromatic rings. The van der Waals surface area contributed by atoms with Gasteiger partial charge in [-0.15, -0.1) is 0 Å². The number of ether oxygens (including phenoxy) is 1. The molecule has 0 aromatic carbocycles. The first kappa shape index (κ1) is 16.9. The Balaban J connectivity index is 2.83. The van der Waals surface area contributed by atoms with Gasteiger partial charge in [0.25, 0.3) is 0 Å². The van der Waals surface area contributed by atoms with Gasteiger partial charge in [0, 0.05) is 13.1 Å². The summed E-state index contributed by atoms with van der Waals surface area (Å²) in [4.78, 5) is 24.2. The van der Waals surface area contributed by atoms with Gasteiger partial charge in [0.15, 0.2) is 0 Å². The largest absolute Gasteiger partial charge is 0.464 e. The molecule has 118 valence electrons. The molecule has 3 N–H and O–H groups in total. The number of nitrogens with zero attached hydrogens (tertiary/aromatic N) is 3. The summed E-state index contributed by atoms with van der Waals surface area (Å²) in [6.45, 7) is 9.31. The molecule has 0 bridgehead atoms. The first-order valence-electron chi connectivity index (χ1n) is 7.27. The third kappa shape index (κ3) is 5.80. The number of nitrogens with one attached hydrogen (secondary N) is 3. The minimum Gasteiger partial charge on any atom is -0.464 e. The predicted molar refractivity (Wildman–Crippen MR) is 81.5 cm³/mol. The predicted octanol–water partition coefficient (Wildman–Crippen LogP) is 1.03. The molecule has 1 aromatic heterocycles. The van der Waals surface area contributed by atoms with E-state index in [1.807, 2.05) is 20.8 Å². The van der Waals surface area contributed by atoms with E-state index in [2.05, 4.69) is 30.9 Å². The molecule has 1 heterocycles. The highest BCUT2D eigenvalue weighted by Gasteiger charge is 2.14. The normalized spacial score (nSPS) is 11.6. The van der Waals surface area contributed by atoms with E-state index in [1.165, 1.54) is 0 Å². The van der Waals surface area contributed by atoms with Crippen LogP contribution in [0.15, 0.2) is 0 Å². The second-order valence-corrected chi connectivity index (χ2v) is 4.39. The lowest BCUT2D eigenvalue weighted by Gasteiger charge is -2.14. The van der Waals surface area contributed by atoms with E-state index in [4.69, 9.17) is 4.74 Å². The van der Waals surface area contributed by atoms with E-state index in [9.17, 15) is 4.79 Å². The summed E-state index contributed by atoms with van der Waals surface area (Å²) in [5.74, 6) is 0.630. The number of hydrogen-bond donors (Lipinski definition) is 3. The number of carbonyl (C=O) groups is 1. The highest BCUT2D eigenvalue weighted by molar-refractivity contribution is 5.83. The Morgan fingerprint density at radius 3 is 2.52 bits per heavy atom. The number of carbonyl (C=O) groups excluding carboxylic acids is 1. The lowest BCUT2D eigenvalue weighted by atomic mass is 10.3. The van der Waals surface area contributed by atoms with Crippen LogP contribution in [0.4, 0.5) is 11.9 Å². The van der Waals surface area contributed by atoms with E-state index in [1.54, 1.807) is 6.92 Å². The summed E-state index contributed by atoms with van der Waals surface area (Å²) < 4.78 is 5.31. The SMILES string of the molecule is CCCNc1nc(NC(C)C(=O)NCC)nc(OCC)n1. The smallest absolute Gasteiger partial charge is 0.323 e. The average Bonchev–Trinajstić information content (AvgIpc) is 2.45. The van der Waals surface area contributed by atoms with Crippen molar-refractivity contribution in [1.29, 1.82) is 0 Å². The van der Waals surface area contributed by atoms with E-state index < -0.39 is 6.04 Å². The van der Waals surface area contributed by atoms with Gasteiger partial charge in [-0.25, -0.2) is 0 Å². The lowest BCUT2D eigenvalue weighted by molar-refractivity contribution is -0.121. The minimum absolute atomic E-state index is 0.112. The van der Waals surface area contributed by atoms with Crippen LogP contribution in [0.2, 0.25) is 0 Å².